The Kier molecular flexibility index (Phi) is 12.2. The lowest BCUT2D eigenvalue weighted by atomic mass is 9.82. The van der Waals surface area contributed by atoms with E-state index in [-0.39, 0.29) is 40.7 Å². The maximum Gasteiger partial charge on any atom is 0.407 e. The topological polar surface area (TPSA) is 220 Å². The van der Waals surface area contributed by atoms with E-state index in [0.717, 1.165) is 54.5 Å². The molecule has 4 aliphatic rings. The number of alkyl carbamates (subject to hydrolysis) is 2. The quantitative estimate of drug-likeness (QED) is 0.0904. The normalized spacial score (nSPS) is 19.8. The first-order valence-electron chi connectivity index (χ1n) is 23.4. The molecule has 5 N–H and O–H groups in total. The Morgan fingerprint density at radius 2 is 1.29 bits per heavy atom. The second-order valence-electron chi connectivity index (χ2n) is 19.3. The zero-order valence-corrected chi connectivity index (χ0v) is 38.6. The van der Waals surface area contributed by atoms with Gasteiger partial charge in [0.1, 0.15) is 29.4 Å². The van der Waals surface area contributed by atoms with Gasteiger partial charge < -0.3 is 44.9 Å². The van der Waals surface area contributed by atoms with Crippen molar-refractivity contribution in [1.82, 2.24) is 50.3 Å². The fourth-order valence-electron chi connectivity index (χ4n) is 11.0. The van der Waals surface area contributed by atoms with Crippen molar-refractivity contribution in [3.05, 3.63) is 75.9 Å². The summed E-state index contributed by atoms with van der Waals surface area (Å²) in [7, 11) is 2.56. The minimum Gasteiger partial charge on any atom is -0.453 e. The number of nitrogens with zero attached hydrogens (tertiary/aromatic N) is 5. The van der Waals surface area contributed by atoms with Gasteiger partial charge in [-0.2, -0.15) is 0 Å². The zero-order valence-electron chi connectivity index (χ0n) is 38.6. The second-order valence-corrected chi connectivity index (χ2v) is 19.3. The van der Waals surface area contributed by atoms with Gasteiger partial charge in [0.25, 0.3) is 5.56 Å². The van der Waals surface area contributed by atoms with Crippen LogP contribution >= 0.6 is 0 Å². The molecule has 5 heterocycles. The molecule has 348 valence electrons. The lowest BCUT2D eigenvalue weighted by Gasteiger charge is -2.30. The van der Waals surface area contributed by atoms with E-state index in [0.29, 0.717) is 53.6 Å². The van der Waals surface area contributed by atoms with E-state index in [9.17, 15) is 24.0 Å². The number of nitrogens with one attached hydrogen (secondary N) is 5. The van der Waals surface area contributed by atoms with Crippen molar-refractivity contribution in [2.75, 3.05) is 27.3 Å². The van der Waals surface area contributed by atoms with E-state index in [1.807, 2.05) is 52.1 Å². The van der Waals surface area contributed by atoms with Gasteiger partial charge in [-0.25, -0.2) is 24.5 Å². The molecule has 0 unspecified atom stereocenters. The van der Waals surface area contributed by atoms with Crippen LogP contribution in [-0.2, 0) is 31.9 Å². The summed E-state index contributed by atoms with van der Waals surface area (Å²) < 4.78 is 9.58. The van der Waals surface area contributed by atoms with Crippen molar-refractivity contribution in [1.29, 1.82) is 0 Å². The number of methoxy groups -OCH3 is 2. The van der Waals surface area contributed by atoms with Gasteiger partial charge in [-0.05, 0) is 103 Å². The van der Waals surface area contributed by atoms with Crippen LogP contribution in [0.3, 0.4) is 0 Å². The van der Waals surface area contributed by atoms with Gasteiger partial charge in [-0.1, -0.05) is 58.7 Å². The molecule has 4 amide bonds. The van der Waals surface area contributed by atoms with E-state index in [1.165, 1.54) is 51.0 Å². The molecule has 1 saturated carbocycles. The highest BCUT2D eigenvalue weighted by molar-refractivity contribution is 5.88. The summed E-state index contributed by atoms with van der Waals surface area (Å²) in [6.45, 7) is 8.59. The van der Waals surface area contributed by atoms with Crippen molar-refractivity contribution in [3.8, 4) is 33.9 Å². The molecular weight excluding hydrogens is 841 g/mol. The van der Waals surface area contributed by atoms with Gasteiger partial charge in [0.05, 0.1) is 55.3 Å². The molecule has 2 aliphatic heterocycles. The Bertz CT molecular complexity index is 2730. The van der Waals surface area contributed by atoms with Crippen molar-refractivity contribution in [2.24, 2.45) is 17.3 Å². The fraction of sp³-hybridized carbons (Fsp3) is 0.510. The number of hydrogen-bond donors (Lipinski definition) is 5. The van der Waals surface area contributed by atoms with Gasteiger partial charge in [0.15, 0.2) is 5.82 Å². The molecule has 66 heavy (non-hydrogen) atoms. The Morgan fingerprint density at radius 3 is 1.89 bits per heavy atom. The molecule has 2 saturated heterocycles. The van der Waals surface area contributed by atoms with Crippen LogP contribution in [0.4, 0.5) is 9.59 Å². The van der Waals surface area contributed by atoms with Crippen LogP contribution < -0.4 is 16.2 Å². The predicted octanol–water partition coefficient (Wildman–Crippen LogP) is 7.12. The monoisotopic (exact) mass is 900 g/mol. The Balaban J connectivity index is 0.985. The first-order valence-corrected chi connectivity index (χ1v) is 23.4. The summed E-state index contributed by atoms with van der Waals surface area (Å²) >= 11 is 0. The van der Waals surface area contributed by atoms with Crippen molar-refractivity contribution in [3.63, 3.8) is 0 Å². The number of aromatic amines is 3. The Morgan fingerprint density at radius 1 is 0.712 bits per heavy atom. The third kappa shape index (κ3) is 8.32. The highest BCUT2D eigenvalue weighted by Gasteiger charge is 2.43. The number of fused-ring (bicyclic) bond motifs is 2. The number of carbonyl (C=O) groups is 4. The van der Waals surface area contributed by atoms with Crippen LogP contribution in [0, 0.1) is 17.3 Å². The van der Waals surface area contributed by atoms with Crippen molar-refractivity contribution < 1.29 is 28.7 Å². The number of aromatic nitrogens is 6. The molecule has 0 bridgehead atoms. The highest BCUT2D eigenvalue weighted by Crippen LogP contribution is 2.53. The SMILES string of the molecule is COC(=O)N[C@H](C(=O)N1CCC[C@H]1c1ncc(-c2ncc(-c3ccc(-c4ccc5nc([C@@H]6CCCN6C(=O)[C@@H](NC(=O)OC)C(C)C)[nH]c(=O)c5c4)c4c3CC3(CCCC3)C4)[nH]2)[nH]1)C(C)C. The average Bonchev–Trinajstić information content (AvgIpc) is 4.17. The van der Waals surface area contributed by atoms with Crippen LogP contribution in [-0.4, -0.2) is 103 Å². The molecule has 0 radical (unpaired) electrons. The van der Waals surface area contributed by atoms with E-state index in [4.69, 9.17) is 24.4 Å². The van der Waals surface area contributed by atoms with Crippen LogP contribution in [0.1, 0.15) is 114 Å². The minimum atomic E-state index is -0.777. The summed E-state index contributed by atoms with van der Waals surface area (Å²) in [5.41, 5.74) is 7.83. The van der Waals surface area contributed by atoms with Crippen molar-refractivity contribution >= 4 is 34.9 Å². The number of likely N-dealkylation sites (tertiary alicyclic amines) is 2. The van der Waals surface area contributed by atoms with Gasteiger partial charge >= 0.3 is 12.2 Å². The van der Waals surface area contributed by atoms with Gasteiger partial charge in [-0.15, -0.1) is 0 Å². The van der Waals surface area contributed by atoms with Gasteiger partial charge in [-0.3, -0.25) is 14.4 Å². The number of imidazole rings is 2. The number of hydrogen-bond acceptors (Lipinski definition) is 10. The van der Waals surface area contributed by atoms with Crippen molar-refractivity contribution in [2.45, 2.75) is 116 Å². The van der Waals surface area contributed by atoms with Crippen LogP contribution in [0.25, 0.3) is 44.8 Å². The molecule has 3 aromatic heterocycles. The van der Waals surface area contributed by atoms with Crippen LogP contribution in [0.15, 0.2) is 47.5 Å². The fourth-order valence-corrected chi connectivity index (χ4v) is 11.0. The number of rotatable bonds is 11. The molecule has 2 aliphatic carbocycles. The number of carbonyl (C=O) groups excluding carboxylic acids is 4. The Labute approximate surface area is 383 Å². The molecule has 5 aromatic rings. The first-order chi connectivity index (χ1) is 31.8. The van der Waals surface area contributed by atoms with E-state index in [1.54, 1.807) is 16.0 Å². The summed E-state index contributed by atoms with van der Waals surface area (Å²) in [6.07, 6.45) is 11.9. The molecule has 9 rings (SSSR count). The molecule has 2 aromatic carbocycles. The maximum absolute atomic E-state index is 13.9. The summed E-state index contributed by atoms with van der Waals surface area (Å²) in [5.74, 6) is 1.04. The number of amides is 4. The molecule has 17 nitrogen and oxygen atoms in total. The maximum atomic E-state index is 13.9. The van der Waals surface area contributed by atoms with Gasteiger partial charge in [0.2, 0.25) is 11.8 Å². The number of benzene rings is 2. The van der Waals surface area contributed by atoms with E-state index in [2.05, 4.69) is 37.7 Å². The summed E-state index contributed by atoms with van der Waals surface area (Å²) in [4.78, 5) is 93.6. The number of ether oxygens (including phenoxy) is 2. The van der Waals surface area contributed by atoms with E-state index >= 15 is 0 Å². The molecule has 4 atom stereocenters. The molecule has 3 fully saturated rings. The number of H-pyrrole nitrogens is 3. The first kappa shape index (κ1) is 44.7. The zero-order chi connectivity index (χ0) is 46.4. The lowest BCUT2D eigenvalue weighted by Crippen LogP contribution is -2.51. The average molecular weight is 901 g/mol. The summed E-state index contributed by atoms with van der Waals surface area (Å²) in [6, 6.07) is 8.02. The van der Waals surface area contributed by atoms with Crippen LogP contribution in [0.5, 0.6) is 0 Å². The molecule has 17 heteroatoms. The third-order valence-corrected chi connectivity index (χ3v) is 14.4. The standard InChI is InChI=1S/C49H60N10O7/c1-26(2)39(55-47(63)65-5)45(61)58-19-9-11-37(58)42-51-25-36(54-42)41-50-24-35(53-41)30-15-14-29(32-22-49(23-33(30)32)17-7-8-18-49)28-13-16-34-31(21-28)44(60)57-43(52-34)38-12-10-20-59(38)46(62)40(27(3)4)56-48(64)66-6/h13-16,21,24-27,37-40H,7-12,17-20,22-23H2,1-6H3,(H,50,53)(H,51,54)(H,55,63)(H,56,64)(H,52,57,60)/t37-,38-,39-,40-/m0/s1. The minimum absolute atomic E-state index is 0.132. The molecular formula is C49H60N10O7. The Hall–Kier alpha value is -6.52. The highest BCUT2D eigenvalue weighted by atomic mass is 16.5. The molecule has 1 spiro atoms. The van der Waals surface area contributed by atoms with Gasteiger partial charge in [0, 0.05) is 18.7 Å². The summed E-state index contributed by atoms with van der Waals surface area (Å²) in [5, 5.41) is 5.87. The largest absolute Gasteiger partial charge is 0.453 e. The van der Waals surface area contributed by atoms with E-state index < -0.39 is 30.3 Å². The predicted molar refractivity (Wildman–Crippen MR) is 247 cm³/mol. The van der Waals surface area contributed by atoms with Crippen LogP contribution in [0.2, 0.25) is 0 Å². The second kappa shape index (κ2) is 18.0. The third-order valence-electron chi connectivity index (χ3n) is 14.4. The lowest BCUT2D eigenvalue weighted by molar-refractivity contribution is -0.136. The smallest absolute Gasteiger partial charge is 0.407 e.